The van der Waals surface area contributed by atoms with Gasteiger partial charge >= 0.3 is 0 Å². The fourth-order valence-electron chi connectivity index (χ4n) is 2.33. The number of carbonyl (C=O) groups excluding carboxylic acids is 1. The van der Waals surface area contributed by atoms with Crippen molar-refractivity contribution in [2.24, 2.45) is 0 Å². The van der Waals surface area contributed by atoms with Crippen molar-refractivity contribution in [3.8, 4) is 0 Å². The van der Waals surface area contributed by atoms with E-state index in [1.807, 2.05) is 24.3 Å². The third-order valence-corrected chi connectivity index (χ3v) is 5.93. The molecule has 0 radical (unpaired) electrons. The second kappa shape index (κ2) is 8.33. The maximum atomic E-state index is 12.3. The fourth-order valence-corrected chi connectivity index (χ4v) is 4.13. The predicted molar refractivity (Wildman–Crippen MR) is 108 cm³/mol. The summed E-state index contributed by atoms with van der Waals surface area (Å²) in [7, 11) is -3.55. The van der Waals surface area contributed by atoms with Gasteiger partial charge in [0.15, 0.2) is 0 Å². The quantitative estimate of drug-likeness (QED) is 0.712. The molecule has 140 valence electrons. The Hall–Kier alpha value is -1.70. The number of carbonyl (C=O) groups is 1. The second-order valence-corrected chi connectivity index (χ2v) is 9.56. The van der Waals surface area contributed by atoms with Gasteiger partial charge in [-0.3, -0.25) is 4.79 Å². The number of anilines is 1. The van der Waals surface area contributed by atoms with Crippen molar-refractivity contribution in [2.75, 3.05) is 5.32 Å². The highest BCUT2D eigenvalue weighted by atomic mass is 79.9. The first-order valence-corrected chi connectivity index (χ1v) is 10.5. The van der Waals surface area contributed by atoms with E-state index < -0.39 is 15.6 Å². The zero-order valence-corrected chi connectivity index (χ0v) is 17.4. The van der Waals surface area contributed by atoms with Gasteiger partial charge in [0.25, 0.3) is 0 Å². The lowest BCUT2D eigenvalue weighted by atomic mass is 10.1. The van der Waals surface area contributed by atoms with E-state index in [9.17, 15) is 13.2 Å². The summed E-state index contributed by atoms with van der Waals surface area (Å²) in [5.74, 6) is -0.0944. The molecule has 7 heteroatoms. The molecular weight excluding hydrogens is 416 g/mol. The zero-order chi connectivity index (χ0) is 19.4. The first kappa shape index (κ1) is 20.6. The Balaban J connectivity index is 1.95. The van der Waals surface area contributed by atoms with Crippen LogP contribution < -0.4 is 10.0 Å². The number of amides is 1. The minimum Gasteiger partial charge on any atom is -0.325 e. The average Bonchev–Trinajstić information content (AvgIpc) is 2.53. The predicted octanol–water partition coefficient (Wildman–Crippen LogP) is 4.10. The van der Waals surface area contributed by atoms with Crippen molar-refractivity contribution in [3.63, 3.8) is 0 Å². The molecule has 0 fully saturated rings. The van der Waals surface area contributed by atoms with Crippen LogP contribution in [0.5, 0.6) is 0 Å². The van der Waals surface area contributed by atoms with Crippen LogP contribution in [0.2, 0.25) is 0 Å². The Morgan fingerprint density at radius 1 is 1.04 bits per heavy atom. The molecule has 0 aliphatic carbocycles. The number of aryl methyl sites for hydroxylation is 1. The van der Waals surface area contributed by atoms with Crippen molar-refractivity contribution in [3.05, 3.63) is 58.6 Å². The summed E-state index contributed by atoms with van der Waals surface area (Å²) < 4.78 is 28.0. The molecule has 0 heterocycles. The molecule has 2 rings (SSSR count). The minimum absolute atomic E-state index is 0.0944. The molecule has 1 amide bonds. The van der Waals surface area contributed by atoms with E-state index in [0.717, 1.165) is 15.7 Å². The largest absolute Gasteiger partial charge is 0.325 e. The molecule has 0 saturated carbocycles. The Morgan fingerprint density at radius 3 is 2.23 bits per heavy atom. The maximum Gasteiger partial charge on any atom is 0.241 e. The number of hydrogen-bond donors (Lipinski definition) is 2. The molecule has 0 spiro atoms. The van der Waals surface area contributed by atoms with Crippen LogP contribution in [0.1, 0.15) is 32.8 Å². The smallest absolute Gasteiger partial charge is 0.241 e. The summed E-state index contributed by atoms with van der Waals surface area (Å²) in [5.41, 5.74) is 1.09. The van der Waals surface area contributed by atoms with Gasteiger partial charge in [-0.1, -0.05) is 24.3 Å². The summed E-state index contributed by atoms with van der Waals surface area (Å²) in [5, 5.41) is 2.85. The Morgan fingerprint density at radius 2 is 1.65 bits per heavy atom. The highest BCUT2D eigenvalue weighted by Gasteiger charge is 2.21. The molecule has 0 bridgehead atoms. The van der Waals surface area contributed by atoms with Crippen molar-refractivity contribution >= 4 is 37.5 Å². The van der Waals surface area contributed by atoms with Gasteiger partial charge < -0.3 is 5.32 Å². The van der Waals surface area contributed by atoms with Gasteiger partial charge in [-0.25, -0.2) is 13.1 Å². The highest BCUT2D eigenvalue weighted by Crippen LogP contribution is 2.21. The van der Waals surface area contributed by atoms with Crippen LogP contribution in [0.15, 0.2) is 57.9 Å². The van der Waals surface area contributed by atoms with Crippen molar-refractivity contribution in [1.82, 2.24) is 4.72 Å². The zero-order valence-electron chi connectivity index (χ0n) is 15.0. The normalized spacial score (nSPS) is 12.0. The van der Waals surface area contributed by atoms with E-state index >= 15 is 0 Å². The molecule has 2 aromatic rings. The molecule has 2 aromatic carbocycles. The summed E-state index contributed by atoms with van der Waals surface area (Å²) in [6.07, 6.45) is 0.844. The van der Waals surface area contributed by atoms with Crippen molar-refractivity contribution in [2.45, 2.75) is 44.0 Å². The van der Waals surface area contributed by atoms with E-state index in [-0.39, 0.29) is 10.8 Å². The molecule has 0 atom stereocenters. The van der Waals surface area contributed by atoms with Crippen LogP contribution in [0.25, 0.3) is 0 Å². The SMILES string of the molecule is CC(C)(C)NS(=O)(=O)c1ccc(CCC(=O)Nc2ccccc2Br)cc1. The molecule has 0 aliphatic heterocycles. The highest BCUT2D eigenvalue weighted by molar-refractivity contribution is 9.10. The molecule has 0 unspecified atom stereocenters. The Labute approximate surface area is 163 Å². The van der Waals surface area contributed by atoms with Crippen LogP contribution in [0.3, 0.4) is 0 Å². The van der Waals surface area contributed by atoms with Gasteiger partial charge in [-0.2, -0.15) is 0 Å². The fraction of sp³-hybridized carbons (Fsp3) is 0.316. The standard InChI is InChI=1S/C19H23BrN2O3S/c1-19(2,3)22-26(24,25)15-11-8-14(9-12-15)10-13-18(23)21-17-7-5-4-6-16(17)20/h4-9,11-12,22H,10,13H2,1-3H3,(H,21,23). The van der Waals surface area contributed by atoms with Gasteiger partial charge in [0.05, 0.1) is 10.6 Å². The molecular formula is C19H23BrN2O3S. The average molecular weight is 439 g/mol. The van der Waals surface area contributed by atoms with Gasteiger partial charge in [0.1, 0.15) is 0 Å². The van der Waals surface area contributed by atoms with Crippen LogP contribution in [-0.4, -0.2) is 19.9 Å². The lowest BCUT2D eigenvalue weighted by Crippen LogP contribution is -2.40. The molecule has 26 heavy (non-hydrogen) atoms. The topological polar surface area (TPSA) is 75.3 Å². The third kappa shape index (κ3) is 6.23. The molecule has 5 nitrogen and oxygen atoms in total. The first-order chi connectivity index (χ1) is 12.1. The first-order valence-electron chi connectivity index (χ1n) is 8.24. The summed E-state index contributed by atoms with van der Waals surface area (Å²) in [4.78, 5) is 12.3. The summed E-state index contributed by atoms with van der Waals surface area (Å²) in [6, 6.07) is 14.0. The molecule has 0 aromatic heterocycles. The summed E-state index contributed by atoms with van der Waals surface area (Å²) >= 11 is 3.39. The van der Waals surface area contributed by atoms with Gasteiger partial charge in [0.2, 0.25) is 15.9 Å². The van der Waals surface area contributed by atoms with E-state index in [4.69, 9.17) is 0 Å². The molecule has 2 N–H and O–H groups in total. The lowest BCUT2D eigenvalue weighted by Gasteiger charge is -2.20. The van der Waals surface area contributed by atoms with Gasteiger partial charge in [0, 0.05) is 16.4 Å². The van der Waals surface area contributed by atoms with Crippen LogP contribution in [-0.2, 0) is 21.2 Å². The number of benzene rings is 2. The van der Waals surface area contributed by atoms with Crippen LogP contribution >= 0.6 is 15.9 Å². The second-order valence-electron chi connectivity index (χ2n) is 7.03. The van der Waals surface area contributed by atoms with Gasteiger partial charge in [-0.05, 0) is 73.0 Å². The molecule has 0 saturated heterocycles. The number of nitrogens with one attached hydrogen (secondary N) is 2. The van der Waals surface area contributed by atoms with E-state index in [2.05, 4.69) is 26.0 Å². The lowest BCUT2D eigenvalue weighted by molar-refractivity contribution is -0.116. The number of para-hydroxylation sites is 1. The minimum atomic E-state index is -3.55. The van der Waals surface area contributed by atoms with E-state index in [0.29, 0.717) is 12.8 Å². The van der Waals surface area contributed by atoms with Crippen molar-refractivity contribution in [1.29, 1.82) is 0 Å². The maximum absolute atomic E-state index is 12.3. The number of hydrogen-bond acceptors (Lipinski definition) is 3. The summed E-state index contributed by atoms with van der Waals surface area (Å²) in [6.45, 7) is 5.38. The number of rotatable bonds is 6. The number of sulfonamides is 1. The number of halogens is 1. The van der Waals surface area contributed by atoms with E-state index in [1.165, 1.54) is 0 Å². The van der Waals surface area contributed by atoms with Crippen molar-refractivity contribution < 1.29 is 13.2 Å². The monoisotopic (exact) mass is 438 g/mol. The van der Waals surface area contributed by atoms with E-state index in [1.54, 1.807) is 45.0 Å². The molecule has 0 aliphatic rings. The van der Waals surface area contributed by atoms with Gasteiger partial charge in [-0.15, -0.1) is 0 Å². The Kier molecular flexibility index (Phi) is 6.60. The Bertz CT molecular complexity index is 872. The third-order valence-electron chi connectivity index (χ3n) is 3.46. The van der Waals surface area contributed by atoms with Crippen LogP contribution in [0, 0.1) is 0 Å². The van der Waals surface area contributed by atoms with Crippen LogP contribution in [0.4, 0.5) is 5.69 Å².